The Hall–Kier alpha value is -2.70. The molecule has 2 heterocycles. The monoisotopic (exact) mass is 604 g/mol. The molecule has 1 aromatic carbocycles. The number of carbonyl (C=O) groups excluding carboxylic acids is 1. The third kappa shape index (κ3) is 6.86. The van der Waals surface area contributed by atoms with Crippen molar-refractivity contribution in [3.05, 3.63) is 47.3 Å². The van der Waals surface area contributed by atoms with Crippen LogP contribution in [0.25, 0.3) is 0 Å². The van der Waals surface area contributed by atoms with E-state index in [4.69, 9.17) is 4.74 Å². The number of rotatable bonds is 5. The van der Waals surface area contributed by atoms with Gasteiger partial charge in [-0.3, -0.25) is 4.90 Å². The lowest BCUT2D eigenvalue weighted by atomic mass is 9.86. The van der Waals surface area contributed by atoms with Crippen molar-refractivity contribution in [3.8, 4) is 0 Å². The Bertz CT molecular complexity index is 1230. The number of hydrogen-bond acceptors (Lipinski definition) is 6. The Kier molecular flexibility index (Phi) is 8.27. The smallest absolute Gasteiger partial charge is 0.416 e. The van der Waals surface area contributed by atoms with Crippen LogP contribution in [0.1, 0.15) is 77.0 Å². The number of carbonyl (C=O) groups is 1. The number of amides is 1. The van der Waals surface area contributed by atoms with Crippen molar-refractivity contribution >= 4 is 24.7 Å². The Morgan fingerprint density at radius 2 is 1.59 bits per heavy atom. The molecule has 4 atom stereocenters. The van der Waals surface area contributed by atoms with E-state index in [2.05, 4.69) is 22.6 Å². The van der Waals surface area contributed by atoms with Crippen LogP contribution in [0.3, 0.4) is 0 Å². The fourth-order valence-corrected chi connectivity index (χ4v) is 5.94. The molecule has 1 aliphatic heterocycles. The molecular formula is C28H34F6N4O2S. The third-order valence-corrected chi connectivity index (χ3v) is 8.01. The van der Waals surface area contributed by atoms with Gasteiger partial charge in [-0.15, -0.1) is 12.6 Å². The zero-order chi connectivity index (χ0) is 30.5. The van der Waals surface area contributed by atoms with Gasteiger partial charge in [-0.05, 0) is 76.1 Å². The number of alkyl halides is 6. The summed E-state index contributed by atoms with van der Waals surface area (Å²) in [6.07, 6.45) is -5.40. The first-order chi connectivity index (χ1) is 18.8. The molecule has 0 N–H and O–H groups in total. The maximum atomic E-state index is 13.6. The van der Waals surface area contributed by atoms with Crippen molar-refractivity contribution in [2.45, 2.75) is 107 Å². The van der Waals surface area contributed by atoms with Gasteiger partial charge in [0.25, 0.3) is 0 Å². The zero-order valence-corrected chi connectivity index (χ0v) is 24.4. The highest BCUT2D eigenvalue weighted by atomic mass is 32.1. The van der Waals surface area contributed by atoms with E-state index in [1.54, 1.807) is 30.6 Å². The molecule has 2 aromatic rings. The van der Waals surface area contributed by atoms with Gasteiger partial charge in [0.2, 0.25) is 5.95 Å². The summed E-state index contributed by atoms with van der Waals surface area (Å²) in [4.78, 5) is 25.9. The minimum Gasteiger partial charge on any atom is -0.444 e. The number of halogens is 6. The molecule has 1 amide bonds. The molecule has 1 saturated carbocycles. The molecule has 0 radical (unpaired) electrons. The second-order valence-electron chi connectivity index (χ2n) is 12.0. The summed E-state index contributed by atoms with van der Waals surface area (Å²) in [6.45, 7) is 9.02. The van der Waals surface area contributed by atoms with Crippen LogP contribution in [-0.2, 0) is 23.6 Å². The topological polar surface area (TPSA) is 58.6 Å². The number of piperidine rings is 1. The van der Waals surface area contributed by atoms with E-state index in [0.29, 0.717) is 30.6 Å². The predicted molar refractivity (Wildman–Crippen MR) is 144 cm³/mol. The maximum absolute atomic E-state index is 13.6. The quantitative estimate of drug-likeness (QED) is 0.279. The normalized spacial score (nSPS) is 24.9. The Morgan fingerprint density at radius 3 is 2.02 bits per heavy atom. The van der Waals surface area contributed by atoms with Crippen molar-refractivity contribution < 1.29 is 35.9 Å². The lowest BCUT2D eigenvalue weighted by molar-refractivity contribution is -0.143. The van der Waals surface area contributed by atoms with Crippen molar-refractivity contribution in [2.24, 2.45) is 5.92 Å². The fourth-order valence-electron chi connectivity index (χ4n) is 5.83. The molecule has 1 saturated heterocycles. The molecule has 1 spiro atoms. The highest BCUT2D eigenvalue weighted by molar-refractivity contribution is 7.80. The number of anilines is 1. The van der Waals surface area contributed by atoms with Crippen molar-refractivity contribution in [1.29, 1.82) is 0 Å². The molecule has 2 fully saturated rings. The summed E-state index contributed by atoms with van der Waals surface area (Å²) in [5.74, 6) is 0.280. The molecule has 1 aliphatic carbocycles. The van der Waals surface area contributed by atoms with Gasteiger partial charge in [-0.1, -0.05) is 13.8 Å². The van der Waals surface area contributed by atoms with Gasteiger partial charge in [0.05, 0.1) is 16.7 Å². The van der Waals surface area contributed by atoms with Gasteiger partial charge in [-0.25, -0.2) is 14.8 Å². The average molecular weight is 605 g/mol. The minimum absolute atomic E-state index is 0.118. The molecule has 1 unspecified atom stereocenters. The SMILES string of the molecule is CC[C@H]1C[C@@H](N(Cc2cc(C(F)(F)F)cc(C(F)(F)F)c2)c2ncc(S)cn2)CC2(C[C@@H]2C)N1C(=O)OC(C)(C)C. The summed E-state index contributed by atoms with van der Waals surface area (Å²) in [5.41, 5.74) is -4.20. The van der Waals surface area contributed by atoms with Gasteiger partial charge in [0, 0.05) is 35.9 Å². The minimum atomic E-state index is -4.97. The van der Waals surface area contributed by atoms with Gasteiger partial charge in [0.1, 0.15) is 5.60 Å². The number of aromatic nitrogens is 2. The zero-order valence-electron chi connectivity index (χ0n) is 23.5. The number of ether oxygens (including phenoxy) is 1. The highest BCUT2D eigenvalue weighted by Crippen LogP contribution is 2.57. The van der Waals surface area contributed by atoms with Gasteiger partial charge in [-0.2, -0.15) is 26.3 Å². The molecular weight excluding hydrogens is 570 g/mol. The summed E-state index contributed by atoms with van der Waals surface area (Å²) in [5, 5.41) is 0. The second-order valence-corrected chi connectivity index (χ2v) is 12.5. The number of thiol groups is 1. The average Bonchev–Trinajstić information content (AvgIpc) is 3.47. The lowest BCUT2D eigenvalue weighted by Gasteiger charge is -2.49. The molecule has 13 heteroatoms. The second kappa shape index (κ2) is 10.9. The largest absolute Gasteiger partial charge is 0.444 e. The molecule has 226 valence electrons. The van der Waals surface area contributed by atoms with E-state index in [1.807, 2.05) is 13.8 Å². The van der Waals surface area contributed by atoms with E-state index < -0.39 is 40.7 Å². The van der Waals surface area contributed by atoms with Crippen LogP contribution < -0.4 is 4.90 Å². The Morgan fingerprint density at radius 1 is 1.05 bits per heavy atom. The first-order valence-electron chi connectivity index (χ1n) is 13.4. The first kappa shape index (κ1) is 31.2. The van der Waals surface area contributed by atoms with E-state index in [0.717, 1.165) is 12.1 Å². The summed E-state index contributed by atoms with van der Waals surface area (Å²) >= 11 is 4.21. The first-order valence-corrected chi connectivity index (χ1v) is 13.9. The predicted octanol–water partition coefficient (Wildman–Crippen LogP) is 7.77. The molecule has 41 heavy (non-hydrogen) atoms. The summed E-state index contributed by atoms with van der Waals surface area (Å²) in [7, 11) is 0. The van der Waals surface area contributed by atoms with E-state index in [9.17, 15) is 31.1 Å². The lowest BCUT2D eigenvalue weighted by Crippen LogP contribution is -2.60. The number of likely N-dealkylation sites (tertiary alicyclic amines) is 1. The molecule has 1 aromatic heterocycles. The van der Waals surface area contributed by atoms with Crippen LogP contribution in [0.4, 0.5) is 37.1 Å². The Balaban J connectivity index is 1.76. The fraction of sp³-hybridized carbons (Fsp3) is 0.607. The molecule has 4 rings (SSSR count). The van der Waals surface area contributed by atoms with Crippen LogP contribution in [0.15, 0.2) is 35.5 Å². The van der Waals surface area contributed by atoms with Crippen molar-refractivity contribution in [2.75, 3.05) is 4.90 Å². The standard InChI is InChI=1S/C28H34F6N4O2S/c1-6-20-10-21(12-26(11-16(26)2)38(20)24(39)40-25(3,4)5)37(23-35-13-22(41)14-36-23)15-17-7-18(27(29,30)31)9-19(8-17)28(32,33)34/h7-9,13-14,16,20-21,41H,6,10-12,15H2,1-5H3/t16-,20-,21+,26?/m0/s1. The number of nitrogens with zero attached hydrogens (tertiary/aromatic N) is 4. The van der Waals surface area contributed by atoms with Crippen LogP contribution in [-0.4, -0.2) is 44.2 Å². The maximum Gasteiger partial charge on any atom is 0.416 e. The van der Waals surface area contributed by atoms with Crippen LogP contribution in [0, 0.1) is 5.92 Å². The van der Waals surface area contributed by atoms with Crippen LogP contribution >= 0.6 is 12.6 Å². The highest BCUT2D eigenvalue weighted by Gasteiger charge is 2.63. The van der Waals surface area contributed by atoms with E-state index >= 15 is 0 Å². The van der Waals surface area contributed by atoms with E-state index in [-0.39, 0.29) is 42.1 Å². The molecule has 6 nitrogen and oxygen atoms in total. The van der Waals surface area contributed by atoms with Crippen LogP contribution in [0.2, 0.25) is 0 Å². The van der Waals surface area contributed by atoms with Gasteiger partial charge < -0.3 is 9.64 Å². The number of benzene rings is 1. The van der Waals surface area contributed by atoms with Crippen molar-refractivity contribution in [3.63, 3.8) is 0 Å². The summed E-state index contributed by atoms with van der Waals surface area (Å²) < 4.78 is 87.4. The molecule has 2 aliphatic rings. The third-order valence-electron chi connectivity index (χ3n) is 7.78. The summed E-state index contributed by atoms with van der Waals surface area (Å²) in [6, 6.07) is 0.939. The van der Waals surface area contributed by atoms with Crippen LogP contribution in [0.5, 0.6) is 0 Å². The van der Waals surface area contributed by atoms with Gasteiger partial charge in [0.15, 0.2) is 0 Å². The number of hydrogen-bond donors (Lipinski definition) is 1. The van der Waals surface area contributed by atoms with E-state index in [1.165, 1.54) is 12.4 Å². The van der Waals surface area contributed by atoms with Crippen molar-refractivity contribution in [1.82, 2.24) is 14.9 Å². The van der Waals surface area contributed by atoms with Gasteiger partial charge >= 0.3 is 18.4 Å². The molecule has 0 bridgehead atoms. The Labute approximate surface area is 240 Å².